The molecule has 1 aromatic rings. The molecule has 0 fully saturated rings. The standard InChI is InChI=1S/C15H23N5O2/c1-10(9-20-12(3)7-11(2)17-20)8-16-15(22)13-5-6-14(21)19(4)18-13/h7,10H,5-6,8-9H2,1-4H3,(H,16,22)/t10-/m0/s1. The fraction of sp³-hybridized carbons (Fsp3) is 0.600. The number of aromatic nitrogens is 2. The number of hydrogen-bond acceptors (Lipinski definition) is 4. The first-order valence-corrected chi connectivity index (χ1v) is 7.50. The van der Waals surface area contributed by atoms with E-state index >= 15 is 0 Å². The first-order chi connectivity index (χ1) is 10.4. The van der Waals surface area contributed by atoms with Crippen LogP contribution in [0, 0.1) is 19.8 Å². The zero-order valence-corrected chi connectivity index (χ0v) is 13.6. The number of rotatable bonds is 5. The van der Waals surface area contributed by atoms with E-state index in [0.717, 1.165) is 17.9 Å². The Morgan fingerprint density at radius 1 is 1.41 bits per heavy atom. The maximum absolute atomic E-state index is 12.1. The predicted octanol–water partition coefficient (Wildman–Crippen LogP) is 0.860. The van der Waals surface area contributed by atoms with E-state index in [9.17, 15) is 9.59 Å². The third-order valence-corrected chi connectivity index (χ3v) is 3.67. The minimum absolute atomic E-state index is 0.0607. The summed E-state index contributed by atoms with van der Waals surface area (Å²) in [6, 6.07) is 2.04. The molecule has 7 heteroatoms. The fourth-order valence-corrected chi connectivity index (χ4v) is 2.42. The molecule has 2 amide bonds. The molecular formula is C15H23N5O2. The predicted molar refractivity (Wildman–Crippen MR) is 83.3 cm³/mol. The van der Waals surface area contributed by atoms with E-state index in [1.165, 1.54) is 5.01 Å². The number of nitrogens with zero attached hydrogens (tertiary/aromatic N) is 4. The second-order valence-electron chi connectivity index (χ2n) is 5.89. The Bertz CT molecular complexity index is 605. The Morgan fingerprint density at radius 3 is 2.73 bits per heavy atom. The molecule has 0 aliphatic carbocycles. The van der Waals surface area contributed by atoms with Crippen LogP contribution in [-0.2, 0) is 16.1 Å². The largest absolute Gasteiger partial charge is 0.351 e. The molecule has 2 heterocycles. The smallest absolute Gasteiger partial charge is 0.267 e. The van der Waals surface area contributed by atoms with Gasteiger partial charge in [-0.3, -0.25) is 14.3 Å². The van der Waals surface area contributed by atoms with E-state index in [0.29, 0.717) is 25.1 Å². The van der Waals surface area contributed by atoms with Crippen molar-refractivity contribution >= 4 is 17.5 Å². The van der Waals surface area contributed by atoms with E-state index in [4.69, 9.17) is 0 Å². The van der Waals surface area contributed by atoms with Crippen molar-refractivity contribution in [1.82, 2.24) is 20.1 Å². The van der Waals surface area contributed by atoms with Crippen LogP contribution in [0.1, 0.15) is 31.2 Å². The number of aryl methyl sites for hydroxylation is 2. The normalized spacial score (nSPS) is 16.5. The van der Waals surface area contributed by atoms with Gasteiger partial charge in [0.2, 0.25) is 5.91 Å². The first-order valence-electron chi connectivity index (χ1n) is 7.50. The molecule has 0 unspecified atom stereocenters. The lowest BCUT2D eigenvalue weighted by Crippen LogP contribution is -2.39. The summed E-state index contributed by atoms with van der Waals surface area (Å²) in [6.45, 7) is 7.36. The third-order valence-electron chi connectivity index (χ3n) is 3.67. The van der Waals surface area contributed by atoms with Gasteiger partial charge in [0.1, 0.15) is 5.71 Å². The molecule has 1 aliphatic rings. The maximum atomic E-state index is 12.1. The van der Waals surface area contributed by atoms with Crippen LogP contribution in [0.25, 0.3) is 0 Å². The highest BCUT2D eigenvalue weighted by Crippen LogP contribution is 2.08. The van der Waals surface area contributed by atoms with Crippen LogP contribution in [0.5, 0.6) is 0 Å². The van der Waals surface area contributed by atoms with Gasteiger partial charge < -0.3 is 5.32 Å². The van der Waals surface area contributed by atoms with Crippen LogP contribution in [0.2, 0.25) is 0 Å². The summed E-state index contributed by atoms with van der Waals surface area (Å²) in [5.74, 6) is -0.000449. The molecule has 0 saturated heterocycles. The highest BCUT2D eigenvalue weighted by atomic mass is 16.2. The summed E-state index contributed by atoms with van der Waals surface area (Å²) < 4.78 is 1.96. The monoisotopic (exact) mass is 305 g/mol. The summed E-state index contributed by atoms with van der Waals surface area (Å²) in [4.78, 5) is 23.4. The number of carbonyl (C=O) groups is 2. The number of carbonyl (C=O) groups excluding carboxylic acids is 2. The van der Waals surface area contributed by atoms with Gasteiger partial charge in [-0.2, -0.15) is 10.2 Å². The summed E-state index contributed by atoms with van der Waals surface area (Å²) in [6.07, 6.45) is 0.741. The minimum Gasteiger partial charge on any atom is -0.351 e. The van der Waals surface area contributed by atoms with Gasteiger partial charge in [-0.05, 0) is 25.8 Å². The van der Waals surface area contributed by atoms with E-state index < -0.39 is 0 Å². The lowest BCUT2D eigenvalue weighted by Gasteiger charge is -2.20. The van der Waals surface area contributed by atoms with Crippen LogP contribution >= 0.6 is 0 Å². The number of hydrazone groups is 1. The summed E-state index contributed by atoms with van der Waals surface area (Å²) in [5, 5.41) is 12.6. The SMILES string of the molecule is Cc1cc(C)n(C[C@@H](C)CNC(=O)C2=NN(C)C(=O)CC2)n1. The topological polar surface area (TPSA) is 79.6 Å². The van der Waals surface area contributed by atoms with Crippen molar-refractivity contribution in [1.29, 1.82) is 0 Å². The van der Waals surface area contributed by atoms with Crippen molar-refractivity contribution in [3.63, 3.8) is 0 Å². The van der Waals surface area contributed by atoms with Crippen molar-refractivity contribution < 1.29 is 9.59 Å². The van der Waals surface area contributed by atoms with Gasteiger partial charge in [0, 0.05) is 38.7 Å². The molecule has 0 spiro atoms. The second kappa shape index (κ2) is 6.72. The molecule has 1 atom stereocenters. The summed E-state index contributed by atoms with van der Waals surface area (Å²) >= 11 is 0. The van der Waals surface area contributed by atoms with Crippen molar-refractivity contribution in [3.8, 4) is 0 Å². The Balaban J connectivity index is 1.84. The molecule has 120 valence electrons. The maximum Gasteiger partial charge on any atom is 0.267 e. The van der Waals surface area contributed by atoms with Gasteiger partial charge in [0.15, 0.2) is 0 Å². The number of hydrogen-bond donors (Lipinski definition) is 1. The number of amides is 2. The molecule has 2 rings (SSSR count). The fourth-order valence-electron chi connectivity index (χ4n) is 2.42. The molecule has 1 aliphatic heterocycles. The Labute approximate surface area is 130 Å². The van der Waals surface area contributed by atoms with Gasteiger partial charge in [-0.25, -0.2) is 5.01 Å². The van der Waals surface area contributed by atoms with Crippen LogP contribution < -0.4 is 5.32 Å². The molecule has 0 aromatic carbocycles. The Kier molecular flexibility index (Phi) is 4.95. The molecule has 1 aromatic heterocycles. The third kappa shape index (κ3) is 3.93. The molecule has 0 radical (unpaired) electrons. The van der Waals surface area contributed by atoms with Crippen LogP contribution in [0.4, 0.5) is 0 Å². The van der Waals surface area contributed by atoms with Crippen LogP contribution in [-0.4, -0.2) is 45.9 Å². The molecule has 22 heavy (non-hydrogen) atoms. The van der Waals surface area contributed by atoms with Gasteiger partial charge in [0.05, 0.1) is 5.69 Å². The molecule has 1 N–H and O–H groups in total. The van der Waals surface area contributed by atoms with Crippen molar-refractivity contribution in [3.05, 3.63) is 17.5 Å². The van der Waals surface area contributed by atoms with E-state index in [1.807, 2.05) is 24.6 Å². The highest BCUT2D eigenvalue weighted by Gasteiger charge is 2.22. The van der Waals surface area contributed by atoms with E-state index in [1.54, 1.807) is 7.05 Å². The highest BCUT2D eigenvalue weighted by molar-refractivity contribution is 6.39. The van der Waals surface area contributed by atoms with E-state index in [-0.39, 0.29) is 17.7 Å². The first kappa shape index (κ1) is 16.2. The quantitative estimate of drug-likeness (QED) is 0.876. The van der Waals surface area contributed by atoms with Crippen molar-refractivity contribution in [2.75, 3.05) is 13.6 Å². The van der Waals surface area contributed by atoms with Crippen molar-refractivity contribution in [2.24, 2.45) is 11.0 Å². The zero-order valence-electron chi connectivity index (χ0n) is 13.6. The average Bonchev–Trinajstić information content (AvgIpc) is 2.77. The lowest BCUT2D eigenvalue weighted by molar-refractivity contribution is -0.130. The average molecular weight is 305 g/mol. The molecule has 7 nitrogen and oxygen atoms in total. The van der Waals surface area contributed by atoms with E-state index in [2.05, 4.69) is 22.4 Å². The van der Waals surface area contributed by atoms with Gasteiger partial charge >= 0.3 is 0 Å². The molecular weight excluding hydrogens is 282 g/mol. The lowest BCUT2D eigenvalue weighted by atomic mass is 10.1. The summed E-state index contributed by atoms with van der Waals surface area (Å²) in [7, 11) is 1.57. The zero-order chi connectivity index (χ0) is 16.3. The molecule has 0 bridgehead atoms. The summed E-state index contributed by atoms with van der Waals surface area (Å²) in [5.41, 5.74) is 2.53. The number of nitrogens with one attached hydrogen (secondary N) is 1. The Hall–Kier alpha value is -2.18. The van der Waals surface area contributed by atoms with Gasteiger partial charge in [-0.15, -0.1) is 0 Å². The van der Waals surface area contributed by atoms with Crippen LogP contribution in [0.3, 0.4) is 0 Å². The van der Waals surface area contributed by atoms with Gasteiger partial charge in [0.25, 0.3) is 5.91 Å². The second-order valence-corrected chi connectivity index (χ2v) is 5.89. The van der Waals surface area contributed by atoms with Crippen LogP contribution in [0.15, 0.2) is 11.2 Å². The molecule has 0 saturated carbocycles. The van der Waals surface area contributed by atoms with Gasteiger partial charge in [-0.1, -0.05) is 6.92 Å². The van der Waals surface area contributed by atoms with Crippen molar-refractivity contribution in [2.45, 2.75) is 40.2 Å². The minimum atomic E-state index is -0.195. The Morgan fingerprint density at radius 2 is 2.14 bits per heavy atom.